The number of hydrogen-bond donors (Lipinski definition) is 3. The minimum absolute atomic E-state index is 0.222. The molecular formula is C12H19N3O2S. The van der Waals surface area contributed by atoms with Gasteiger partial charge in [-0.1, -0.05) is 6.92 Å². The molecular weight excluding hydrogens is 250 g/mol. The van der Waals surface area contributed by atoms with Crippen LogP contribution in [-0.4, -0.2) is 27.0 Å². The molecule has 18 heavy (non-hydrogen) atoms. The van der Waals surface area contributed by atoms with E-state index in [1.165, 1.54) is 0 Å². The second kappa shape index (κ2) is 5.26. The van der Waals surface area contributed by atoms with Crippen molar-refractivity contribution in [3.8, 4) is 0 Å². The lowest BCUT2D eigenvalue weighted by Crippen LogP contribution is -2.24. The Morgan fingerprint density at radius 2 is 1.94 bits per heavy atom. The molecule has 2 unspecified atom stereocenters. The van der Waals surface area contributed by atoms with Crippen LogP contribution in [0.1, 0.15) is 19.8 Å². The van der Waals surface area contributed by atoms with Crippen LogP contribution in [-0.2, 0) is 10.0 Å². The normalized spacial score (nSPS) is 22.8. The van der Waals surface area contributed by atoms with Crippen LogP contribution in [0.15, 0.2) is 29.2 Å². The molecule has 1 aliphatic carbocycles. The average molecular weight is 269 g/mol. The van der Waals surface area contributed by atoms with Gasteiger partial charge in [0.15, 0.2) is 0 Å². The summed E-state index contributed by atoms with van der Waals surface area (Å²) in [6, 6.07) is 7.30. The first-order chi connectivity index (χ1) is 8.53. The molecule has 0 spiro atoms. The zero-order valence-corrected chi connectivity index (χ0v) is 11.2. The average Bonchev–Trinajstić information content (AvgIpc) is 3.03. The SMILES string of the molecule is CCCNS(=O)(=O)c1ccc(NC2CC2N)cc1. The fourth-order valence-corrected chi connectivity index (χ4v) is 2.78. The van der Waals surface area contributed by atoms with Crippen molar-refractivity contribution in [2.24, 2.45) is 5.73 Å². The smallest absolute Gasteiger partial charge is 0.240 e. The maximum Gasteiger partial charge on any atom is 0.240 e. The van der Waals surface area contributed by atoms with Gasteiger partial charge in [0, 0.05) is 24.3 Å². The van der Waals surface area contributed by atoms with Crippen LogP contribution in [0.25, 0.3) is 0 Å². The van der Waals surface area contributed by atoms with E-state index in [-0.39, 0.29) is 6.04 Å². The number of nitrogens with one attached hydrogen (secondary N) is 2. The van der Waals surface area contributed by atoms with Gasteiger partial charge in [-0.05, 0) is 37.1 Å². The minimum atomic E-state index is -3.37. The van der Waals surface area contributed by atoms with E-state index < -0.39 is 10.0 Å². The molecule has 0 heterocycles. The van der Waals surface area contributed by atoms with E-state index in [9.17, 15) is 8.42 Å². The standard InChI is InChI=1S/C12H19N3O2S/c1-2-7-14-18(16,17)10-5-3-9(4-6-10)15-12-8-11(12)13/h3-6,11-12,14-15H,2,7-8,13H2,1H3. The molecule has 1 aromatic carbocycles. The van der Waals surface area contributed by atoms with Gasteiger partial charge in [-0.25, -0.2) is 13.1 Å². The largest absolute Gasteiger partial charge is 0.381 e. The first kappa shape index (κ1) is 13.3. The van der Waals surface area contributed by atoms with Gasteiger partial charge in [0.25, 0.3) is 0 Å². The Labute approximate surface area is 108 Å². The highest BCUT2D eigenvalue weighted by atomic mass is 32.2. The maximum absolute atomic E-state index is 11.8. The van der Waals surface area contributed by atoms with Gasteiger partial charge >= 0.3 is 0 Å². The van der Waals surface area contributed by atoms with Crippen LogP contribution in [0, 0.1) is 0 Å². The zero-order valence-electron chi connectivity index (χ0n) is 10.4. The second-order valence-electron chi connectivity index (χ2n) is 4.57. The predicted octanol–water partition coefficient (Wildman–Crippen LogP) is 0.886. The van der Waals surface area contributed by atoms with Crippen LogP contribution in [0.5, 0.6) is 0 Å². The molecule has 100 valence electrons. The molecule has 2 atom stereocenters. The van der Waals surface area contributed by atoms with Gasteiger partial charge in [-0.15, -0.1) is 0 Å². The van der Waals surface area contributed by atoms with Crippen LogP contribution in [0.3, 0.4) is 0 Å². The Balaban J connectivity index is 2.02. The van der Waals surface area contributed by atoms with Crippen molar-refractivity contribution in [3.05, 3.63) is 24.3 Å². The topological polar surface area (TPSA) is 84.2 Å². The molecule has 0 amide bonds. The highest BCUT2D eigenvalue weighted by Crippen LogP contribution is 2.24. The Morgan fingerprint density at radius 1 is 1.33 bits per heavy atom. The molecule has 1 aromatic rings. The molecule has 0 aliphatic heterocycles. The van der Waals surface area contributed by atoms with Gasteiger partial charge in [0.1, 0.15) is 0 Å². The molecule has 1 fully saturated rings. The summed E-state index contributed by atoms with van der Waals surface area (Å²) in [7, 11) is -3.37. The highest BCUT2D eigenvalue weighted by molar-refractivity contribution is 7.89. The van der Waals surface area contributed by atoms with Crippen molar-refractivity contribution in [2.75, 3.05) is 11.9 Å². The first-order valence-electron chi connectivity index (χ1n) is 6.15. The van der Waals surface area contributed by atoms with Crippen molar-refractivity contribution in [1.29, 1.82) is 0 Å². The van der Waals surface area contributed by atoms with Gasteiger partial charge in [-0.2, -0.15) is 0 Å². The summed E-state index contributed by atoms with van der Waals surface area (Å²) in [5, 5.41) is 3.25. The number of anilines is 1. The number of nitrogens with two attached hydrogens (primary N) is 1. The molecule has 5 nitrogen and oxygen atoms in total. The summed E-state index contributed by atoms with van der Waals surface area (Å²) in [6.07, 6.45) is 1.75. The molecule has 0 aromatic heterocycles. The van der Waals surface area contributed by atoms with Crippen molar-refractivity contribution in [1.82, 2.24) is 4.72 Å². The second-order valence-corrected chi connectivity index (χ2v) is 6.34. The van der Waals surface area contributed by atoms with Gasteiger partial charge in [0.2, 0.25) is 10.0 Å². The van der Waals surface area contributed by atoms with Crippen LogP contribution in [0.4, 0.5) is 5.69 Å². The van der Waals surface area contributed by atoms with Gasteiger partial charge < -0.3 is 11.1 Å². The minimum Gasteiger partial charge on any atom is -0.381 e. The van der Waals surface area contributed by atoms with Crippen LogP contribution >= 0.6 is 0 Å². The maximum atomic E-state index is 11.8. The quantitative estimate of drug-likeness (QED) is 0.716. The Morgan fingerprint density at radius 3 is 2.44 bits per heavy atom. The summed E-state index contributed by atoms with van der Waals surface area (Å²) in [4.78, 5) is 0.293. The fourth-order valence-electron chi connectivity index (χ4n) is 1.64. The van der Waals surface area contributed by atoms with Crippen molar-refractivity contribution in [2.45, 2.75) is 36.7 Å². The van der Waals surface area contributed by atoms with Crippen molar-refractivity contribution in [3.63, 3.8) is 0 Å². The van der Waals surface area contributed by atoms with Gasteiger partial charge in [0.05, 0.1) is 4.90 Å². The van der Waals surface area contributed by atoms with E-state index in [1.807, 2.05) is 6.92 Å². The van der Waals surface area contributed by atoms with E-state index in [0.717, 1.165) is 18.5 Å². The predicted molar refractivity (Wildman–Crippen MR) is 71.9 cm³/mol. The van der Waals surface area contributed by atoms with Crippen molar-refractivity contribution < 1.29 is 8.42 Å². The van der Waals surface area contributed by atoms with E-state index in [1.54, 1.807) is 24.3 Å². The van der Waals surface area contributed by atoms with E-state index in [0.29, 0.717) is 17.5 Å². The van der Waals surface area contributed by atoms with Crippen LogP contribution in [0.2, 0.25) is 0 Å². The highest BCUT2D eigenvalue weighted by Gasteiger charge is 2.33. The molecule has 1 saturated carbocycles. The Hall–Kier alpha value is -1.11. The van der Waals surface area contributed by atoms with E-state index >= 15 is 0 Å². The molecule has 2 rings (SSSR count). The molecule has 1 aliphatic rings. The third kappa shape index (κ3) is 3.22. The lowest BCUT2D eigenvalue weighted by Gasteiger charge is -2.08. The Bertz CT molecular complexity index is 499. The summed E-state index contributed by atoms with van der Waals surface area (Å²) in [5.74, 6) is 0. The van der Waals surface area contributed by atoms with Crippen molar-refractivity contribution >= 4 is 15.7 Å². The summed E-state index contributed by atoms with van der Waals surface area (Å²) in [5.41, 5.74) is 6.60. The lowest BCUT2D eigenvalue weighted by molar-refractivity contribution is 0.581. The zero-order chi connectivity index (χ0) is 13.2. The third-order valence-electron chi connectivity index (χ3n) is 2.90. The molecule has 0 saturated heterocycles. The first-order valence-corrected chi connectivity index (χ1v) is 7.63. The Kier molecular flexibility index (Phi) is 3.89. The molecule has 4 N–H and O–H groups in total. The third-order valence-corrected chi connectivity index (χ3v) is 4.38. The summed E-state index contributed by atoms with van der Waals surface area (Å²) >= 11 is 0. The van der Waals surface area contributed by atoms with Gasteiger partial charge in [-0.3, -0.25) is 0 Å². The monoisotopic (exact) mass is 269 g/mol. The van der Waals surface area contributed by atoms with E-state index in [4.69, 9.17) is 5.73 Å². The molecule has 0 radical (unpaired) electrons. The van der Waals surface area contributed by atoms with Crippen LogP contribution < -0.4 is 15.8 Å². The fraction of sp³-hybridized carbons (Fsp3) is 0.500. The lowest BCUT2D eigenvalue weighted by atomic mass is 10.3. The number of benzene rings is 1. The summed E-state index contributed by atoms with van der Waals surface area (Å²) < 4.78 is 26.2. The number of hydrogen-bond acceptors (Lipinski definition) is 4. The van der Waals surface area contributed by atoms with E-state index in [2.05, 4.69) is 10.0 Å². The summed E-state index contributed by atoms with van der Waals surface area (Å²) in [6.45, 7) is 2.38. The number of sulfonamides is 1. The number of rotatable bonds is 6. The molecule has 6 heteroatoms. The molecule has 0 bridgehead atoms.